The van der Waals surface area contributed by atoms with Crippen LogP contribution >= 0.6 is 11.6 Å². The fourth-order valence-corrected chi connectivity index (χ4v) is 3.98. The third kappa shape index (κ3) is 7.84. The molecule has 1 aliphatic heterocycles. The summed E-state index contributed by atoms with van der Waals surface area (Å²) in [7, 11) is 0. The van der Waals surface area contributed by atoms with Gasteiger partial charge >= 0.3 is 18.1 Å². The van der Waals surface area contributed by atoms with Gasteiger partial charge in [-0.2, -0.15) is 13.2 Å². The molecule has 0 spiro atoms. The second kappa shape index (κ2) is 12.5. The molecule has 13 heteroatoms. The van der Waals surface area contributed by atoms with Crippen molar-refractivity contribution in [1.82, 2.24) is 0 Å². The molecular weight excluding hydrogens is 546 g/mol. The highest BCUT2D eigenvalue weighted by atomic mass is 35.5. The van der Waals surface area contributed by atoms with Crippen LogP contribution in [0.15, 0.2) is 66.7 Å². The molecule has 39 heavy (non-hydrogen) atoms. The minimum absolute atomic E-state index is 0.0910. The number of hydrogen-bond acceptors (Lipinski definition) is 5. The molecule has 0 saturated carbocycles. The van der Waals surface area contributed by atoms with Gasteiger partial charge in [-0.1, -0.05) is 29.8 Å². The number of halogens is 5. The Balaban J connectivity index is 0.000000532. The van der Waals surface area contributed by atoms with Crippen LogP contribution in [0.3, 0.4) is 0 Å². The molecule has 0 unspecified atom stereocenters. The third-order valence-electron chi connectivity index (χ3n) is 5.63. The summed E-state index contributed by atoms with van der Waals surface area (Å²) in [5.41, 5.74) is 1.95. The number of alkyl halides is 3. The van der Waals surface area contributed by atoms with E-state index < -0.39 is 18.1 Å². The normalized spacial score (nSPS) is 13.3. The van der Waals surface area contributed by atoms with Crippen molar-refractivity contribution < 1.29 is 42.2 Å². The zero-order chi connectivity index (χ0) is 28.7. The van der Waals surface area contributed by atoms with Crippen LogP contribution in [0.5, 0.6) is 0 Å². The highest BCUT2D eigenvalue weighted by Crippen LogP contribution is 2.28. The van der Waals surface area contributed by atoms with Gasteiger partial charge in [0.2, 0.25) is 0 Å². The molecule has 1 heterocycles. The van der Waals surface area contributed by atoms with Crippen LogP contribution in [0, 0.1) is 5.82 Å². The van der Waals surface area contributed by atoms with Crippen LogP contribution in [0.2, 0.25) is 5.02 Å². The summed E-state index contributed by atoms with van der Waals surface area (Å²) in [4.78, 5) is 37.2. The van der Waals surface area contributed by atoms with E-state index in [0.717, 1.165) is 0 Å². The lowest BCUT2D eigenvalue weighted by atomic mass is 10.1. The van der Waals surface area contributed by atoms with E-state index >= 15 is 0 Å². The molecule has 0 radical (unpaired) electrons. The molecule has 1 saturated heterocycles. The maximum Gasteiger partial charge on any atom is 0.490 e. The summed E-state index contributed by atoms with van der Waals surface area (Å²) in [5, 5.41) is 20.0. The fraction of sp³-hybridized carbons (Fsp3) is 0.192. The van der Waals surface area contributed by atoms with Crippen LogP contribution in [-0.2, 0) is 4.79 Å². The Morgan fingerprint density at radius 1 is 0.821 bits per heavy atom. The molecule has 3 aromatic carbocycles. The first kappa shape index (κ1) is 29.2. The second-order valence-electron chi connectivity index (χ2n) is 8.23. The van der Waals surface area contributed by atoms with Crippen LogP contribution in [-0.4, -0.2) is 60.4 Å². The Morgan fingerprint density at radius 3 is 1.95 bits per heavy atom. The van der Waals surface area contributed by atoms with Gasteiger partial charge in [-0.3, -0.25) is 4.79 Å². The smallest absolute Gasteiger partial charge is 0.478 e. The number of rotatable bonds is 5. The van der Waals surface area contributed by atoms with Crippen molar-refractivity contribution in [3.05, 3.63) is 88.7 Å². The number of hydrogen-bond donors (Lipinski definition) is 3. The lowest BCUT2D eigenvalue weighted by molar-refractivity contribution is -0.192. The predicted octanol–water partition coefficient (Wildman–Crippen LogP) is 5.39. The van der Waals surface area contributed by atoms with Gasteiger partial charge in [-0.05, 0) is 48.5 Å². The molecule has 1 fully saturated rings. The topological polar surface area (TPSA) is 110 Å². The molecule has 3 N–H and O–H groups in total. The van der Waals surface area contributed by atoms with Crippen molar-refractivity contribution in [3.63, 3.8) is 0 Å². The number of para-hydroxylation sites is 1. The van der Waals surface area contributed by atoms with Gasteiger partial charge in [0.25, 0.3) is 5.91 Å². The van der Waals surface area contributed by atoms with Gasteiger partial charge in [-0.25, -0.2) is 14.0 Å². The Kier molecular flexibility index (Phi) is 9.36. The number of carbonyl (C=O) groups excluding carboxylic acids is 1. The molecule has 1 amide bonds. The van der Waals surface area contributed by atoms with Crippen molar-refractivity contribution in [3.8, 4) is 0 Å². The Bertz CT molecular complexity index is 1360. The molecule has 1 aliphatic rings. The summed E-state index contributed by atoms with van der Waals surface area (Å²) >= 11 is 5.94. The number of aliphatic carboxylic acids is 1. The number of aromatic carboxylic acids is 1. The molecule has 0 atom stereocenters. The van der Waals surface area contributed by atoms with E-state index in [0.29, 0.717) is 53.8 Å². The number of carbonyl (C=O) groups is 3. The molecular formula is C26H22ClF4N3O5. The molecule has 4 rings (SSSR count). The fourth-order valence-electron chi connectivity index (χ4n) is 3.79. The maximum absolute atomic E-state index is 14.1. The molecule has 0 bridgehead atoms. The molecule has 0 aromatic heterocycles. The van der Waals surface area contributed by atoms with Crippen LogP contribution < -0.4 is 15.1 Å². The summed E-state index contributed by atoms with van der Waals surface area (Å²) in [6, 6.07) is 17.9. The Hall–Kier alpha value is -4.32. The van der Waals surface area contributed by atoms with Gasteiger partial charge in [0, 0.05) is 42.5 Å². The average Bonchev–Trinajstić information content (AvgIpc) is 2.89. The van der Waals surface area contributed by atoms with E-state index in [-0.39, 0.29) is 17.3 Å². The van der Waals surface area contributed by atoms with E-state index in [1.165, 1.54) is 12.1 Å². The zero-order valence-corrected chi connectivity index (χ0v) is 20.8. The number of amides is 1. The minimum atomic E-state index is -5.08. The van der Waals surface area contributed by atoms with Gasteiger partial charge in [-0.15, -0.1) is 0 Å². The lowest BCUT2D eigenvalue weighted by Gasteiger charge is -2.38. The number of carboxylic acid groups (broad SMARTS) is 2. The number of piperazine rings is 1. The summed E-state index contributed by atoms with van der Waals surface area (Å²) in [6.45, 7) is 2.21. The Morgan fingerprint density at radius 2 is 1.41 bits per heavy atom. The number of nitrogens with one attached hydrogen (secondary N) is 1. The van der Waals surface area contributed by atoms with Crippen molar-refractivity contribution >= 4 is 46.5 Å². The molecule has 206 valence electrons. The van der Waals surface area contributed by atoms with Crippen LogP contribution in [0.4, 0.5) is 34.6 Å². The highest BCUT2D eigenvalue weighted by molar-refractivity contribution is 6.31. The second-order valence-corrected chi connectivity index (χ2v) is 8.67. The van der Waals surface area contributed by atoms with E-state index in [1.54, 1.807) is 54.6 Å². The van der Waals surface area contributed by atoms with E-state index in [2.05, 4.69) is 5.32 Å². The van der Waals surface area contributed by atoms with Crippen LogP contribution in [0.25, 0.3) is 0 Å². The summed E-state index contributed by atoms with van der Waals surface area (Å²) in [5.74, 6) is -4.50. The van der Waals surface area contributed by atoms with Crippen molar-refractivity contribution in [2.45, 2.75) is 6.18 Å². The number of benzene rings is 3. The summed E-state index contributed by atoms with van der Waals surface area (Å²) < 4.78 is 45.8. The molecule has 8 nitrogen and oxygen atoms in total. The van der Waals surface area contributed by atoms with E-state index in [1.807, 2.05) is 9.80 Å². The van der Waals surface area contributed by atoms with Gasteiger partial charge in [0.05, 0.1) is 16.9 Å². The summed E-state index contributed by atoms with van der Waals surface area (Å²) in [6.07, 6.45) is -5.08. The van der Waals surface area contributed by atoms with Crippen molar-refractivity contribution in [2.24, 2.45) is 0 Å². The van der Waals surface area contributed by atoms with Crippen molar-refractivity contribution in [1.29, 1.82) is 0 Å². The average molecular weight is 568 g/mol. The predicted molar refractivity (Wildman–Crippen MR) is 137 cm³/mol. The van der Waals surface area contributed by atoms with E-state index in [9.17, 15) is 32.3 Å². The first-order chi connectivity index (χ1) is 18.4. The van der Waals surface area contributed by atoms with Gasteiger partial charge in [0.15, 0.2) is 0 Å². The minimum Gasteiger partial charge on any atom is -0.478 e. The first-order valence-corrected chi connectivity index (χ1v) is 11.7. The zero-order valence-electron chi connectivity index (χ0n) is 20.1. The monoisotopic (exact) mass is 567 g/mol. The number of nitrogens with zero attached hydrogens (tertiary/aromatic N) is 2. The van der Waals surface area contributed by atoms with Crippen LogP contribution in [0.1, 0.15) is 20.7 Å². The largest absolute Gasteiger partial charge is 0.490 e. The maximum atomic E-state index is 14.1. The lowest BCUT2D eigenvalue weighted by Crippen LogP contribution is -2.47. The standard InChI is InChI=1S/C24H21ClFN3O3.C2HF3O2/c25-17-5-3-4-16(14-17)23(30)27-18-8-9-21(19(15-18)24(31)32)28-10-12-29(13-11-28)22-7-2-1-6-20(22)26;3-2(4,5)1(6)7/h1-9,14-15H,10-13H2,(H,27,30)(H,31,32);(H,6,7). The van der Waals surface area contributed by atoms with E-state index in [4.69, 9.17) is 21.5 Å². The third-order valence-corrected chi connectivity index (χ3v) is 5.86. The van der Waals surface area contributed by atoms with Gasteiger partial charge in [0.1, 0.15) is 5.82 Å². The first-order valence-electron chi connectivity index (χ1n) is 11.4. The SMILES string of the molecule is O=C(Nc1ccc(N2CCN(c3ccccc3F)CC2)c(C(=O)O)c1)c1cccc(Cl)c1.O=C(O)C(F)(F)F. The number of carboxylic acids is 2. The Labute approximate surface area is 225 Å². The highest BCUT2D eigenvalue weighted by Gasteiger charge is 2.38. The quantitative estimate of drug-likeness (QED) is 0.355. The molecule has 3 aromatic rings. The number of anilines is 3. The van der Waals surface area contributed by atoms with Gasteiger partial charge < -0.3 is 25.3 Å². The molecule has 0 aliphatic carbocycles. The van der Waals surface area contributed by atoms with Crippen molar-refractivity contribution in [2.75, 3.05) is 41.3 Å².